The number of aromatic nitrogens is 2. The minimum absolute atomic E-state index is 0.0100. The SMILES string of the molecule is CC(C)Cn1ccnc(N2CCCN(c3ccc(Cl)c(Cl)c3)CC2)c1=O. The van der Waals surface area contributed by atoms with Crippen molar-refractivity contribution in [1.29, 1.82) is 0 Å². The highest BCUT2D eigenvalue weighted by Crippen LogP contribution is 2.28. The lowest BCUT2D eigenvalue weighted by molar-refractivity contribution is 0.508. The van der Waals surface area contributed by atoms with E-state index >= 15 is 0 Å². The van der Waals surface area contributed by atoms with Crippen LogP contribution in [0.25, 0.3) is 0 Å². The normalized spacial score (nSPS) is 15.4. The molecule has 0 spiro atoms. The third-order valence-electron chi connectivity index (χ3n) is 4.52. The van der Waals surface area contributed by atoms with Crippen LogP contribution < -0.4 is 15.4 Å². The van der Waals surface area contributed by atoms with Crippen LogP contribution in [0, 0.1) is 5.92 Å². The van der Waals surface area contributed by atoms with Gasteiger partial charge in [0.15, 0.2) is 5.82 Å². The largest absolute Gasteiger partial charge is 0.370 e. The molecule has 3 rings (SSSR count). The Hall–Kier alpha value is -1.72. The molecule has 0 N–H and O–H groups in total. The van der Waals surface area contributed by atoms with E-state index in [0.29, 0.717) is 28.3 Å². The predicted molar refractivity (Wildman–Crippen MR) is 109 cm³/mol. The van der Waals surface area contributed by atoms with E-state index in [1.54, 1.807) is 17.0 Å². The molecule has 0 amide bonds. The van der Waals surface area contributed by atoms with Crippen LogP contribution in [0.1, 0.15) is 20.3 Å². The fraction of sp³-hybridized carbons (Fsp3) is 0.474. The van der Waals surface area contributed by atoms with Crippen molar-refractivity contribution in [2.75, 3.05) is 36.0 Å². The number of hydrogen-bond acceptors (Lipinski definition) is 4. The predicted octanol–water partition coefficient (Wildman–Crippen LogP) is 3.92. The van der Waals surface area contributed by atoms with Gasteiger partial charge in [-0.25, -0.2) is 4.98 Å². The molecule has 1 aromatic carbocycles. The summed E-state index contributed by atoms with van der Waals surface area (Å²) in [5, 5.41) is 1.12. The van der Waals surface area contributed by atoms with Gasteiger partial charge in [-0.1, -0.05) is 37.0 Å². The summed E-state index contributed by atoms with van der Waals surface area (Å²) in [6.45, 7) is 8.18. The number of benzene rings is 1. The van der Waals surface area contributed by atoms with Crippen LogP contribution in [-0.4, -0.2) is 35.7 Å². The molecule has 7 heteroatoms. The maximum Gasteiger partial charge on any atom is 0.293 e. The number of halogens is 2. The summed E-state index contributed by atoms with van der Waals surface area (Å²) in [5.74, 6) is 0.960. The first-order chi connectivity index (χ1) is 12.5. The molecule has 0 aliphatic carbocycles. The van der Waals surface area contributed by atoms with Gasteiger partial charge in [0.05, 0.1) is 10.0 Å². The first-order valence-corrected chi connectivity index (χ1v) is 9.71. The molecule has 0 atom stereocenters. The molecule has 1 aliphatic heterocycles. The zero-order valence-corrected chi connectivity index (χ0v) is 16.7. The molecule has 5 nitrogen and oxygen atoms in total. The second kappa shape index (κ2) is 8.31. The van der Waals surface area contributed by atoms with Crippen molar-refractivity contribution in [3.63, 3.8) is 0 Å². The van der Waals surface area contributed by atoms with Crippen LogP contribution in [0.15, 0.2) is 35.4 Å². The van der Waals surface area contributed by atoms with Crippen molar-refractivity contribution in [3.05, 3.63) is 51.0 Å². The summed E-state index contributed by atoms with van der Waals surface area (Å²) < 4.78 is 1.76. The summed E-state index contributed by atoms with van der Waals surface area (Å²) >= 11 is 12.2. The van der Waals surface area contributed by atoms with E-state index < -0.39 is 0 Å². The van der Waals surface area contributed by atoms with Gasteiger partial charge in [0.1, 0.15) is 0 Å². The highest BCUT2D eigenvalue weighted by molar-refractivity contribution is 6.42. The Labute approximate surface area is 164 Å². The molecule has 1 saturated heterocycles. The maximum atomic E-state index is 12.8. The minimum atomic E-state index is -0.0100. The molecule has 0 saturated carbocycles. The third kappa shape index (κ3) is 4.33. The zero-order valence-electron chi connectivity index (χ0n) is 15.2. The van der Waals surface area contributed by atoms with Gasteiger partial charge >= 0.3 is 0 Å². The Morgan fingerprint density at radius 3 is 2.54 bits per heavy atom. The van der Waals surface area contributed by atoms with E-state index in [1.807, 2.05) is 18.2 Å². The highest BCUT2D eigenvalue weighted by Gasteiger charge is 2.20. The second-order valence-electron chi connectivity index (χ2n) is 7.03. The average Bonchev–Trinajstić information content (AvgIpc) is 2.85. The quantitative estimate of drug-likeness (QED) is 0.787. The zero-order chi connectivity index (χ0) is 18.7. The van der Waals surface area contributed by atoms with Gasteiger partial charge in [-0.2, -0.15) is 0 Å². The summed E-state index contributed by atoms with van der Waals surface area (Å²) in [5.41, 5.74) is 1.05. The summed E-state index contributed by atoms with van der Waals surface area (Å²) in [7, 11) is 0. The monoisotopic (exact) mass is 394 g/mol. The van der Waals surface area contributed by atoms with E-state index in [2.05, 4.69) is 28.6 Å². The number of hydrogen-bond donors (Lipinski definition) is 0. The first kappa shape index (κ1) is 19.1. The smallest absolute Gasteiger partial charge is 0.293 e. The molecule has 2 aromatic rings. The highest BCUT2D eigenvalue weighted by atomic mass is 35.5. The molecule has 1 aromatic heterocycles. The lowest BCUT2D eigenvalue weighted by Gasteiger charge is -2.24. The Morgan fingerprint density at radius 2 is 1.81 bits per heavy atom. The van der Waals surface area contributed by atoms with Crippen molar-refractivity contribution in [1.82, 2.24) is 9.55 Å². The van der Waals surface area contributed by atoms with Gasteiger partial charge in [-0.15, -0.1) is 0 Å². The second-order valence-corrected chi connectivity index (χ2v) is 7.84. The van der Waals surface area contributed by atoms with Crippen LogP contribution >= 0.6 is 23.2 Å². The van der Waals surface area contributed by atoms with Crippen molar-refractivity contribution in [3.8, 4) is 0 Å². The minimum Gasteiger partial charge on any atom is -0.370 e. The number of anilines is 2. The van der Waals surface area contributed by atoms with Crippen LogP contribution in [0.2, 0.25) is 10.0 Å². The molecular weight excluding hydrogens is 371 g/mol. The summed E-state index contributed by atoms with van der Waals surface area (Å²) in [6, 6.07) is 5.71. The molecule has 1 fully saturated rings. The van der Waals surface area contributed by atoms with Gasteiger partial charge in [0.25, 0.3) is 5.56 Å². The van der Waals surface area contributed by atoms with Crippen LogP contribution in [0.4, 0.5) is 11.5 Å². The first-order valence-electron chi connectivity index (χ1n) is 8.96. The summed E-state index contributed by atoms with van der Waals surface area (Å²) in [4.78, 5) is 21.5. The topological polar surface area (TPSA) is 41.4 Å². The van der Waals surface area contributed by atoms with Crippen molar-refractivity contribution in [2.24, 2.45) is 5.92 Å². The fourth-order valence-corrected chi connectivity index (χ4v) is 3.55. The van der Waals surface area contributed by atoms with Crippen LogP contribution in [0.5, 0.6) is 0 Å². The molecule has 2 heterocycles. The van der Waals surface area contributed by atoms with Gasteiger partial charge in [-0.05, 0) is 30.5 Å². The molecule has 140 valence electrons. The van der Waals surface area contributed by atoms with Crippen molar-refractivity contribution < 1.29 is 0 Å². The fourth-order valence-electron chi connectivity index (χ4n) is 3.26. The van der Waals surface area contributed by atoms with E-state index in [-0.39, 0.29) is 5.56 Å². The molecule has 1 aliphatic rings. The van der Waals surface area contributed by atoms with E-state index in [9.17, 15) is 4.79 Å². The molecular formula is C19H24Cl2N4O. The molecule has 26 heavy (non-hydrogen) atoms. The molecule has 0 unspecified atom stereocenters. The average molecular weight is 395 g/mol. The standard InChI is InChI=1S/C19H24Cl2N4O/c1-14(2)13-25-9-6-22-18(19(25)26)24-8-3-7-23(10-11-24)15-4-5-16(20)17(21)12-15/h4-6,9,12,14H,3,7-8,10-11,13H2,1-2H3. The van der Waals surface area contributed by atoms with E-state index in [0.717, 1.165) is 38.3 Å². The molecule has 0 bridgehead atoms. The number of rotatable bonds is 4. The Balaban J connectivity index is 1.76. The van der Waals surface area contributed by atoms with Gasteiger partial charge < -0.3 is 14.4 Å². The van der Waals surface area contributed by atoms with Crippen LogP contribution in [0.3, 0.4) is 0 Å². The third-order valence-corrected chi connectivity index (χ3v) is 5.26. The molecule has 0 radical (unpaired) electrons. The lowest BCUT2D eigenvalue weighted by atomic mass is 10.2. The Morgan fingerprint density at radius 1 is 1.08 bits per heavy atom. The van der Waals surface area contributed by atoms with Crippen LogP contribution in [-0.2, 0) is 6.54 Å². The Bertz CT molecular complexity index is 821. The van der Waals surface area contributed by atoms with E-state index in [4.69, 9.17) is 23.2 Å². The maximum absolute atomic E-state index is 12.8. The Kier molecular flexibility index (Phi) is 6.09. The summed E-state index contributed by atoms with van der Waals surface area (Å²) in [6.07, 6.45) is 4.44. The number of nitrogens with zero attached hydrogens (tertiary/aromatic N) is 4. The van der Waals surface area contributed by atoms with E-state index in [1.165, 1.54) is 0 Å². The van der Waals surface area contributed by atoms with Gasteiger partial charge in [-0.3, -0.25) is 4.79 Å². The lowest BCUT2D eigenvalue weighted by Crippen LogP contribution is -2.36. The van der Waals surface area contributed by atoms with Crippen molar-refractivity contribution in [2.45, 2.75) is 26.8 Å². The van der Waals surface area contributed by atoms with Crippen molar-refractivity contribution >= 4 is 34.7 Å². The van der Waals surface area contributed by atoms with Gasteiger partial charge in [0.2, 0.25) is 0 Å². The van der Waals surface area contributed by atoms with Gasteiger partial charge in [0, 0.05) is 50.8 Å².